The van der Waals surface area contributed by atoms with Gasteiger partial charge in [0.2, 0.25) is 17.7 Å². The Morgan fingerprint density at radius 1 is 1.27 bits per heavy atom. The number of β-amino-alcohol motifs (C(OH)–C–C–N with tert-alkyl or cyclic N) is 1. The van der Waals surface area contributed by atoms with Crippen molar-refractivity contribution in [3.05, 3.63) is 41.0 Å². The third kappa shape index (κ3) is 5.68. The smallest absolute Gasteiger partial charge is 0.246 e. The molecule has 1 saturated carbocycles. The number of hydrogen-bond acceptors (Lipinski definition) is 7. The zero-order chi connectivity index (χ0) is 27.0. The van der Waals surface area contributed by atoms with Crippen LogP contribution in [-0.2, 0) is 20.9 Å². The number of nitrogens with zero attached hydrogens (tertiary/aromatic N) is 3. The van der Waals surface area contributed by atoms with E-state index in [9.17, 15) is 24.8 Å². The van der Waals surface area contributed by atoms with Crippen LogP contribution in [0.15, 0.2) is 29.8 Å². The number of hydrogen-bond donors (Lipinski definition) is 3. The lowest BCUT2D eigenvalue weighted by Gasteiger charge is -2.35. The maximum absolute atomic E-state index is 13.6. The fourth-order valence-corrected chi connectivity index (χ4v) is 5.38. The minimum atomic E-state index is -1.07. The highest BCUT2D eigenvalue weighted by Crippen LogP contribution is 2.45. The number of aryl methyl sites for hydroxylation is 1. The lowest BCUT2D eigenvalue weighted by atomic mass is 9.85. The summed E-state index contributed by atoms with van der Waals surface area (Å²) in [5, 5.41) is 25.4. The monoisotopic (exact) mass is 523 g/mol. The SMILES string of the molecule is Cc1ncsc1-c1ccc(CNC(=O)[C@@H]2C[C@H](O)CN2C(=O)C(NC(=O)C2(C#N)CC2)C(C)(C)C)cc1. The van der Waals surface area contributed by atoms with Crippen molar-refractivity contribution in [1.82, 2.24) is 20.5 Å². The van der Waals surface area contributed by atoms with Crippen LogP contribution < -0.4 is 10.6 Å². The number of rotatable bonds is 7. The predicted octanol–water partition coefficient (Wildman–Crippen LogP) is 2.53. The first-order valence-corrected chi connectivity index (χ1v) is 13.3. The van der Waals surface area contributed by atoms with Crippen LogP contribution in [0.4, 0.5) is 0 Å². The van der Waals surface area contributed by atoms with Crippen molar-refractivity contribution in [2.45, 2.75) is 71.7 Å². The second kappa shape index (κ2) is 10.2. The van der Waals surface area contributed by atoms with E-state index in [1.165, 1.54) is 4.90 Å². The fraction of sp³-hybridized carbons (Fsp3) is 0.519. The molecule has 2 heterocycles. The Morgan fingerprint density at radius 3 is 2.49 bits per heavy atom. The second-order valence-electron chi connectivity index (χ2n) is 11.0. The molecule has 1 aliphatic heterocycles. The Morgan fingerprint density at radius 2 is 1.95 bits per heavy atom. The van der Waals surface area contributed by atoms with Gasteiger partial charge in [-0.15, -0.1) is 11.3 Å². The van der Waals surface area contributed by atoms with Gasteiger partial charge >= 0.3 is 0 Å². The highest BCUT2D eigenvalue weighted by molar-refractivity contribution is 7.13. The van der Waals surface area contributed by atoms with E-state index in [1.54, 1.807) is 11.3 Å². The van der Waals surface area contributed by atoms with E-state index in [2.05, 4.69) is 21.7 Å². The highest BCUT2D eigenvalue weighted by atomic mass is 32.1. The lowest BCUT2D eigenvalue weighted by Crippen LogP contribution is -2.58. The molecule has 2 aliphatic rings. The van der Waals surface area contributed by atoms with Crippen molar-refractivity contribution in [1.29, 1.82) is 5.26 Å². The summed E-state index contributed by atoms with van der Waals surface area (Å²) in [4.78, 5) is 46.2. The first-order valence-electron chi connectivity index (χ1n) is 12.4. The Kier molecular flexibility index (Phi) is 7.40. The third-order valence-electron chi connectivity index (χ3n) is 7.08. The predicted molar refractivity (Wildman–Crippen MR) is 139 cm³/mol. The van der Waals surface area contributed by atoms with Gasteiger partial charge in [-0.2, -0.15) is 5.26 Å². The molecule has 0 bridgehead atoms. The topological polar surface area (TPSA) is 135 Å². The van der Waals surface area contributed by atoms with Crippen LogP contribution in [0, 0.1) is 29.1 Å². The molecule has 0 radical (unpaired) electrons. The van der Waals surface area contributed by atoms with Gasteiger partial charge in [-0.25, -0.2) is 4.98 Å². The van der Waals surface area contributed by atoms with Gasteiger partial charge in [0.25, 0.3) is 0 Å². The van der Waals surface area contributed by atoms with E-state index >= 15 is 0 Å². The normalized spacial score (nSPS) is 21.1. The molecule has 196 valence electrons. The zero-order valence-corrected chi connectivity index (χ0v) is 22.4. The van der Waals surface area contributed by atoms with Crippen molar-refractivity contribution < 1.29 is 19.5 Å². The largest absolute Gasteiger partial charge is 0.391 e. The summed E-state index contributed by atoms with van der Waals surface area (Å²) < 4.78 is 0. The lowest BCUT2D eigenvalue weighted by molar-refractivity contribution is -0.144. The molecule has 1 aromatic carbocycles. The fourth-order valence-electron chi connectivity index (χ4n) is 4.56. The third-order valence-corrected chi connectivity index (χ3v) is 8.06. The van der Waals surface area contributed by atoms with Crippen molar-refractivity contribution in [3.8, 4) is 16.5 Å². The van der Waals surface area contributed by atoms with Crippen LogP contribution in [0.2, 0.25) is 0 Å². The van der Waals surface area contributed by atoms with Crippen LogP contribution in [0.5, 0.6) is 0 Å². The Bertz CT molecular complexity index is 1220. The van der Waals surface area contributed by atoms with Gasteiger partial charge in [-0.3, -0.25) is 14.4 Å². The van der Waals surface area contributed by atoms with Gasteiger partial charge in [-0.1, -0.05) is 45.0 Å². The van der Waals surface area contributed by atoms with Crippen molar-refractivity contribution in [2.75, 3.05) is 6.54 Å². The average Bonchev–Trinajstić information content (AvgIpc) is 3.40. The van der Waals surface area contributed by atoms with Gasteiger partial charge in [0, 0.05) is 19.5 Å². The summed E-state index contributed by atoms with van der Waals surface area (Å²) >= 11 is 1.58. The summed E-state index contributed by atoms with van der Waals surface area (Å²) in [6, 6.07) is 8.12. The summed E-state index contributed by atoms with van der Waals surface area (Å²) in [5.74, 6) is -1.25. The molecule has 1 saturated heterocycles. The first kappa shape index (κ1) is 26.8. The van der Waals surface area contributed by atoms with Crippen LogP contribution in [0.25, 0.3) is 10.4 Å². The molecule has 3 atom stereocenters. The Hall–Kier alpha value is -3.29. The Balaban J connectivity index is 1.43. The molecule has 37 heavy (non-hydrogen) atoms. The molecule has 1 aliphatic carbocycles. The number of thiazole rings is 1. The minimum Gasteiger partial charge on any atom is -0.391 e. The molecule has 3 N–H and O–H groups in total. The molecule has 4 rings (SSSR count). The van der Waals surface area contributed by atoms with Gasteiger partial charge < -0.3 is 20.6 Å². The van der Waals surface area contributed by atoms with Crippen molar-refractivity contribution in [3.63, 3.8) is 0 Å². The van der Waals surface area contributed by atoms with E-state index in [0.29, 0.717) is 12.8 Å². The van der Waals surface area contributed by atoms with Crippen LogP contribution in [0.3, 0.4) is 0 Å². The molecular formula is C27H33N5O4S. The number of carbonyl (C=O) groups is 3. The number of aromatic nitrogens is 1. The molecule has 0 spiro atoms. The van der Waals surface area contributed by atoms with E-state index in [0.717, 1.165) is 21.7 Å². The summed E-state index contributed by atoms with van der Waals surface area (Å²) in [5.41, 5.74) is 3.02. The van der Waals surface area contributed by atoms with E-state index in [-0.39, 0.29) is 25.4 Å². The number of aliphatic hydroxyl groups excluding tert-OH is 1. The standard InChI is InChI=1S/C27H33N5O4S/c1-16-21(37-15-30-16)18-7-5-17(6-8-18)12-29-23(34)20-11-19(33)13-32(20)24(35)22(26(2,3)4)31-25(36)27(14-28)9-10-27/h5-8,15,19-20,22,33H,9-13H2,1-4H3,(H,29,34)(H,31,36)/t19-,20-,22?/m0/s1. The van der Waals surface area contributed by atoms with Crippen LogP contribution in [0.1, 0.15) is 51.3 Å². The number of benzene rings is 1. The van der Waals surface area contributed by atoms with Crippen molar-refractivity contribution >= 4 is 29.1 Å². The number of amides is 3. The van der Waals surface area contributed by atoms with E-state index in [1.807, 2.05) is 57.5 Å². The average molecular weight is 524 g/mol. The number of nitrogens with one attached hydrogen (secondary N) is 2. The first-order chi connectivity index (χ1) is 17.4. The van der Waals surface area contributed by atoms with E-state index < -0.39 is 40.8 Å². The summed E-state index contributed by atoms with van der Waals surface area (Å²) in [6.07, 6.45) is 0.220. The maximum Gasteiger partial charge on any atom is 0.246 e. The van der Waals surface area contributed by atoms with Crippen LogP contribution in [-0.4, -0.2) is 57.4 Å². The van der Waals surface area contributed by atoms with E-state index in [4.69, 9.17) is 0 Å². The van der Waals surface area contributed by atoms with Gasteiger partial charge in [-0.05, 0) is 36.3 Å². The number of carbonyl (C=O) groups excluding carboxylic acids is 3. The summed E-state index contributed by atoms with van der Waals surface area (Å²) in [6.45, 7) is 7.71. The second-order valence-corrected chi connectivity index (χ2v) is 11.9. The molecule has 2 fully saturated rings. The number of nitriles is 1. The van der Waals surface area contributed by atoms with Gasteiger partial charge in [0.15, 0.2) is 0 Å². The Labute approximate surface area is 220 Å². The molecule has 10 heteroatoms. The minimum absolute atomic E-state index is 0.00562. The van der Waals surface area contributed by atoms with Crippen LogP contribution >= 0.6 is 11.3 Å². The van der Waals surface area contributed by atoms with Gasteiger partial charge in [0.05, 0.1) is 28.3 Å². The summed E-state index contributed by atoms with van der Waals surface area (Å²) in [7, 11) is 0. The molecule has 1 unspecified atom stereocenters. The van der Waals surface area contributed by atoms with Gasteiger partial charge in [0.1, 0.15) is 17.5 Å². The quantitative estimate of drug-likeness (QED) is 0.510. The molecule has 2 aromatic rings. The molecule has 3 amide bonds. The molecule has 1 aromatic heterocycles. The molecule has 9 nitrogen and oxygen atoms in total. The highest BCUT2D eigenvalue weighted by Gasteiger charge is 2.53. The number of likely N-dealkylation sites (tertiary alicyclic amines) is 1. The van der Waals surface area contributed by atoms with Crippen molar-refractivity contribution in [2.24, 2.45) is 10.8 Å². The number of aliphatic hydroxyl groups is 1. The maximum atomic E-state index is 13.6. The zero-order valence-electron chi connectivity index (χ0n) is 21.6. The molecular weight excluding hydrogens is 490 g/mol.